The highest BCUT2D eigenvalue weighted by Crippen LogP contribution is 2.31. The topological polar surface area (TPSA) is 90.9 Å². The number of methoxy groups -OCH3 is 2. The minimum absolute atomic E-state index is 0.0844. The van der Waals surface area contributed by atoms with Gasteiger partial charge in [0.2, 0.25) is 15.9 Å². The molecule has 0 N–H and O–H groups in total. The van der Waals surface area contributed by atoms with Crippen molar-refractivity contribution in [2.45, 2.75) is 30.8 Å². The van der Waals surface area contributed by atoms with Crippen molar-refractivity contribution in [1.82, 2.24) is 14.5 Å². The first kappa shape index (κ1) is 19.4. The standard InChI is InChI=1S/C18H23N3O5S/c1-13-4-7-18(20-19-13)26-14-8-10-21(11-9-14)27(22,23)15-5-6-16(24-2)17(12-15)25-3/h4-7,12,14H,8-11H2,1-3H3. The highest BCUT2D eigenvalue weighted by Gasteiger charge is 2.31. The molecule has 1 aromatic heterocycles. The summed E-state index contributed by atoms with van der Waals surface area (Å²) in [7, 11) is -0.621. The van der Waals surface area contributed by atoms with E-state index in [1.54, 1.807) is 12.1 Å². The molecule has 1 aromatic carbocycles. The van der Waals surface area contributed by atoms with E-state index in [1.165, 1.54) is 30.7 Å². The van der Waals surface area contributed by atoms with Crippen LogP contribution >= 0.6 is 0 Å². The Hall–Kier alpha value is -2.39. The SMILES string of the molecule is COc1ccc(S(=O)(=O)N2CCC(Oc3ccc(C)nn3)CC2)cc1OC. The van der Waals surface area contributed by atoms with Crippen molar-refractivity contribution in [3.63, 3.8) is 0 Å². The Labute approximate surface area is 159 Å². The molecule has 0 radical (unpaired) electrons. The molecule has 1 aliphatic rings. The lowest BCUT2D eigenvalue weighted by Gasteiger charge is -2.31. The van der Waals surface area contributed by atoms with Crippen molar-refractivity contribution in [3.05, 3.63) is 36.0 Å². The number of hydrogen-bond donors (Lipinski definition) is 0. The number of rotatable bonds is 6. The van der Waals surface area contributed by atoms with Gasteiger partial charge in [-0.05, 0) is 38.0 Å². The van der Waals surface area contributed by atoms with Crippen LogP contribution in [0.5, 0.6) is 17.4 Å². The summed E-state index contributed by atoms with van der Waals surface area (Å²) in [4.78, 5) is 0.184. The lowest BCUT2D eigenvalue weighted by Crippen LogP contribution is -2.41. The zero-order chi connectivity index (χ0) is 19.4. The van der Waals surface area contributed by atoms with E-state index in [1.807, 2.05) is 13.0 Å². The summed E-state index contributed by atoms with van der Waals surface area (Å²) >= 11 is 0. The minimum Gasteiger partial charge on any atom is -0.493 e. The maximum atomic E-state index is 12.9. The molecular formula is C18H23N3O5S. The highest BCUT2D eigenvalue weighted by molar-refractivity contribution is 7.89. The molecule has 1 fully saturated rings. The fourth-order valence-corrected chi connectivity index (χ4v) is 4.42. The molecule has 146 valence electrons. The van der Waals surface area contributed by atoms with E-state index in [9.17, 15) is 8.42 Å². The number of benzene rings is 1. The van der Waals surface area contributed by atoms with E-state index in [-0.39, 0.29) is 11.0 Å². The average molecular weight is 393 g/mol. The van der Waals surface area contributed by atoms with E-state index >= 15 is 0 Å². The smallest absolute Gasteiger partial charge is 0.243 e. The molecule has 0 aliphatic carbocycles. The van der Waals surface area contributed by atoms with Crippen molar-refractivity contribution in [2.75, 3.05) is 27.3 Å². The van der Waals surface area contributed by atoms with Crippen molar-refractivity contribution < 1.29 is 22.6 Å². The largest absolute Gasteiger partial charge is 0.493 e. The first-order chi connectivity index (χ1) is 12.9. The van der Waals surface area contributed by atoms with Gasteiger partial charge in [0.15, 0.2) is 11.5 Å². The molecule has 9 heteroatoms. The Kier molecular flexibility index (Phi) is 5.81. The average Bonchev–Trinajstić information content (AvgIpc) is 2.69. The van der Waals surface area contributed by atoms with Crippen molar-refractivity contribution in [3.8, 4) is 17.4 Å². The first-order valence-corrected chi connectivity index (χ1v) is 10.1. The monoisotopic (exact) mass is 393 g/mol. The molecule has 1 aliphatic heterocycles. The molecule has 2 heterocycles. The highest BCUT2D eigenvalue weighted by atomic mass is 32.2. The van der Waals surface area contributed by atoms with Crippen LogP contribution in [0.25, 0.3) is 0 Å². The zero-order valence-electron chi connectivity index (χ0n) is 15.6. The molecule has 3 rings (SSSR count). The minimum atomic E-state index is -3.61. The van der Waals surface area contributed by atoms with Crippen LogP contribution in [0.4, 0.5) is 0 Å². The summed E-state index contributed by atoms with van der Waals surface area (Å²) < 4.78 is 43.5. The summed E-state index contributed by atoms with van der Waals surface area (Å²) in [6.45, 7) is 2.61. The zero-order valence-corrected chi connectivity index (χ0v) is 16.4. The number of piperidine rings is 1. The van der Waals surface area contributed by atoms with Crippen LogP contribution in [0.1, 0.15) is 18.5 Å². The van der Waals surface area contributed by atoms with Crippen LogP contribution < -0.4 is 14.2 Å². The van der Waals surface area contributed by atoms with Crippen molar-refractivity contribution in [2.24, 2.45) is 0 Å². The molecule has 2 aromatic rings. The van der Waals surface area contributed by atoms with Crippen LogP contribution in [0.3, 0.4) is 0 Å². The van der Waals surface area contributed by atoms with Gasteiger partial charge in [-0.3, -0.25) is 0 Å². The summed E-state index contributed by atoms with van der Waals surface area (Å²) in [6.07, 6.45) is 1.09. The van der Waals surface area contributed by atoms with Crippen LogP contribution in [-0.2, 0) is 10.0 Å². The van der Waals surface area contributed by atoms with Gasteiger partial charge in [-0.25, -0.2) is 8.42 Å². The Bertz CT molecular complexity index is 878. The predicted molar refractivity (Wildman–Crippen MR) is 98.7 cm³/mol. The fraction of sp³-hybridized carbons (Fsp3) is 0.444. The number of sulfonamides is 1. The Morgan fingerprint density at radius 1 is 1.00 bits per heavy atom. The van der Waals surface area contributed by atoms with E-state index in [0.717, 1.165) is 5.69 Å². The molecule has 0 amide bonds. The van der Waals surface area contributed by atoms with Crippen LogP contribution in [0.15, 0.2) is 35.2 Å². The van der Waals surface area contributed by atoms with Gasteiger partial charge in [0.05, 0.1) is 24.8 Å². The van der Waals surface area contributed by atoms with E-state index < -0.39 is 10.0 Å². The second-order valence-electron chi connectivity index (χ2n) is 6.25. The number of aryl methyl sites for hydroxylation is 1. The molecule has 0 atom stereocenters. The van der Waals surface area contributed by atoms with Gasteiger partial charge in [-0.15, -0.1) is 5.10 Å². The normalized spacial score (nSPS) is 16.1. The summed E-state index contributed by atoms with van der Waals surface area (Å²) in [5.41, 5.74) is 0.818. The van der Waals surface area contributed by atoms with Crippen molar-refractivity contribution in [1.29, 1.82) is 0 Å². The second-order valence-corrected chi connectivity index (χ2v) is 8.19. The third-order valence-corrected chi connectivity index (χ3v) is 6.35. The number of nitrogens with zero attached hydrogens (tertiary/aromatic N) is 3. The number of hydrogen-bond acceptors (Lipinski definition) is 7. The predicted octanol–water partition coefficient (Wildman–Crippen LogP) is 2.03. The van der Waals surface area contributed by atoms with E-state index in [0.29, 0.717) is 43.3 Å². The van der Waals surface area contributed by atoms with Gasteiger partial charge in [0, 0.05) is 25.2 Å². The van der Waals surface area contributed by atoms with Gasteiger partial charge < -0.3 is 14.2 Å². The molecular weight excluding hydrogens is 370 g/mol. The molecule has 0 saturated carbocycles. The lowest BCUT2D eigenvalue weighted by atomic mass is 10.1. The van der Waals surface area contributed by atoms with Gasteiger partial charge in [0.25, 0.3) is 0 Å². The molecule has 8 nitrogen and oxygen atoms in total. The molecule has 0 spiro atoms. The molecule has 1 saturated heterocycles. The second kappa shape index (κ2) is 8.10. The van der Waals surface area contributed by atoms with Gasteiger partial charge in [-0.1, -0.05) is 0 Å². The Morgan fingerprint density at radius 3 is 2.30 bits per heavy atom. The van der Waals surface area contributed by atoms with Gasteiger partial charge in [0.1, 0.15) is 6.10 Å². The Morgan fingerprint density at radius 2 is 1.70 bits per heavy atom. The first-order valence-electron chi connectivity index (χ1n) is 8.63. The molecule has 0 bridgehead atoms. The molecule has 0 unspecified atom stereocenters. The quantitative estimate of drug-likeness (QED) is 0.742. The van der Waals surface area contributed by atoms with Crippen LogP contribution in [-0.4, -0.2) is 56.3 Å². The molecule has 27 heavy (non-hydrogen) atoms. The maximum absolute atomic E-state index is 12.9. The number of aromatic nitrogens is 2. The van der Waals surface area contributed by atoms with Crippen LogP contribution in [0, 0.1) is 6.92 Å². The third-order valence-electron chi connectivity index (χ3n) is 4.45. The summed E-state index contributed by atoms with van der Waals surface area (Å²) in [5, 5.41) is 7.96. The van der Waals surface area contributed by atoms with Crippen LogP contribution in [0.2, 0.25) is 0 Å². The van der Waals surface area contributed by atoms with Gasteiger partial charge in [-0.2, -0.15) is 9.40 Å². The third kappa shape index (κ3) is 4.30. The maximum Gasteiger partial charge on any atom is 0.243 e. The summed E-state index contributed by atoms with van der Waals surface area (Å²) in [6, 6.07) is 8.21. The van der Waals surface area contributed by atoms with Crippen molar-refractivity contribution >= 4 is 10.0 Å². The Balaban J connectivity index is 1.66. The van der Waals surface area contributed by atoms with E-state index in [4.69, 9.17) is 14.2 Å². The summed E-state index contributed by atoms with van der Waals surface area (Å²) in [5.74, 6) is 1.33. The van der Waals surface area contributed by atoms with E-state index in [2.05, 4.69) is 10.2 Å². The number of ether oxygens (including phenoxy) is 3. The van der Waals surface area contributed by atoms with Gasteiger partial charge >= 0.3 is 0 Å². The lowest BCUT2D eigenvalue weighted by molar-refractivity contribution is 0.128. The fourth-order valence-electron chi connectivity index (χ4n) is 2.94.